The van der Waals surface area contributed by atoms with E-state index >= 15 is 0 Å². The van der Waals surface area contributed by atoms with Crippen LogP contribution in [0.2, 0.25) is 0 Å². The van der Waals surface area contributed by atoms with Gasteiger partial charge in [0.1, 0.15) is 0 Å². The van der Waals surface area contributed by atoms with Gasteiger partial charge in [-0.15, -0.1) is 5.10 Å². The number of aromatic nitrogens is 5. The van der Waals surface area contributed by atoms with Crippen molar-refractivity contribution in [3.63, 3.8) is 0 Å². The molecular weight excluding hydrogens is 258 g/mol. The van der Waals surface area contributed by atoms with E-state index in [0.717, 1.165) is 26.2 Å². The second-order valence-corrected chi connectivity index (χ2v) is 5.34. The van der Waals surface area contributed by atoms with E-state index in [1.807, 2.05) is 10.9 Å². The Morgan fingerprint density at radius 1 is 1.20 bits per heavy atom. The number of rotatable bonds is 3. The van der Waals surface area contributed by atoms with E-state index in [2.05, 4.69) is 30.7 Å². The van der Waals surface area contributed by atoms with Gasteiger partial charge in [-0.2, -0.15) is 4.98 Å². The van der Waals surface area contributed by atoms with E-state index in [1.165, 1.54) is 19.3 Å². The Labute approximate surface area is 116 Å². The van der Waals surface area contributed by atoms with E-state index in [-0.39, 0.29) is 0 Å². The molecule has 0 atom stereocenters. The molecule has 4 heterocycles. The largest absolute Gasteiger partial charge is 0.338 e. The summed E-state index contributed by atoms with van der Waals surface area (Å²) >= 11 is 0. The molecule has 0 radical (unpaired) electrons. The van der Waals surface area contributed by atoms with Crippen molar-refractivity contribution >= 4 is 5.95 Å². The van der Waals surface area contributed by atoms with Gasteiger partial charge in [-0.05, 0) is 24.4 Å². The van der Waals surface area contributed by atoms with Gasteiger partial charge >= 0.3 is 0 Å². The van der Waals surface area contributed by atoms with Gasteiger partial charge in [0.2, 0.25) is 0 Å². The molecule has 0 spiro atoms. The molecule has 2 saturated heterocycles. The predicted molar refractivity (Wildman–Crippen MR) is 71.3 cm³/mol. The van der Waals surface area contributed by atoms with Gasteiger partial charge in [-0.25, -0.2) is 4.68 Å². The fourth-order valence-electron chi connectivity index (χ4n) is 2.56. The first-order valence-corrected chi connectivity index (χ1v) is 7.12. The van der Waals surface area contributed by atoms with Crippen LogP contribution in [-0.2, 0) is 0 Å². The third-order valence-electron chi connectivity index (χ3n) is 3.92. The quantitative estimate of drug-likeness (QED) is 0.871. The first-order valence-electron chi connectivity index (χ1n) is 7.12. The summed E-state index contributed by atoms with van der Waals surface area (Å²) in [5.74, 6) is 1.11. The first-order chi connectivity index (χ1) is 9.90. The third kappa shape index (κ3) is 2.05. The van der Waals surface area contributed by atoms with E-state index in [4.69, 9.17) is 4.52 Å². The Morgan fingerprint density at radius 2 is 2.05 bits per heavy atom. The van der Waals surface area contributed by atoms with Gasteiger partial charge in [-0.3, -0.25) is 0 Å². The summed E-state index contributed by atoms with van der Waals surface area (Å²) in [6, 6.07) is 0.390. The third-order valence-corrected chi connectivity index (χ3v) is 3.92. The second-order valence-electron chi connectivity index (χ2n) is 5.34. The van der Waals surface area contributed by atoms with Crippen LogP contribution in [0.4, 0.5) is 5.95 Å². The number of piperidine rings is 1. The zero-order valence-corrected chi connectivity index (χ0v) is 11.2. The molecule has 1 N–H and O–H groups in total. The molecule has 0 saturated carbocycles. The van der Waals surface area contributed by atoms with Crippen molar-refractivity contribution in [1.29, 1.82) is 0 Å². The maximum Gasteiger partial charge on any atom is 0.281 e. The van der Waals surface area contributed by atoms with Crippen LogP contribution in [0, 0.1) is 0 Å². The Kier molecular flexibility index (Phi) is 2.87. The fourth-order valence-corrected chi connectivity index (χ4v) is 2.56. The van der Waals surface area contributed by atoms with Gasteiger partial charge < -0.3 is 14.7 Å². The molecular formula is C12H17N7O. The second kappa shape index (κ2) is 4.86. The lowest BCUT2D eigenvalue weighted by molar-refractivity contribution is 0.313. The lowest BCUT2D eigenvalue weighted by Crippen LogP contribution is -2.43. The zero-order valence-electron chi connectivity index (χ0n) is 11.2. The van der Waals surface area contributed by atoms with Crippen molar-refractivity contribution in [3.8, 4) is 11.6 Å². The summed E-state index contributed by atoms with van der Waals surface area (Å²) in [7, 11) is 0. The highest BCUT2D eigenvalue weighted by Crippen LogP contribution is 2.21. The summed E-state index contributed by atoms with van der Waals surface area (Å²) in [6.45, 7) is 3.87. The smallest absolute Gasteiger partial charge is 0.281 e. The highest BCUT2D eigenvalue weighted by atomic mass is 16.5. The molecule has 2 aliphatic heterocycles. The monoisotopic (exact) mass is 275 g/mol. The molecule has 0 bridgehead atoms. The molecule has 8 nitrogen and oxygen atoms in total. The Hall–Kier alpha value is -1.96. The maximum atomic E-state index is 5.31. The number of nitrogens with zero attached hydrogens (tertiary/aromatic N) is 6. The maximum absolute atomic E-state index is 5.31. The van der Waals surface area contributed by atoms with Crippen molar-refractivity contribution < 1.29 is 4.52 Å². The minimum Gasteiger partial charge on any atom is -0.338 e. The summed E-state index contributed by atoms with van der Waals surface area (Å²) in [5, 5.41) is 15.5. The van der Waals surface area contributed by atoms with Crippen LogP contribution < -0.4 is 10.2 Å². The van der Waals surface area contributed by atoms with Gasteiger partial charge in [0.05, 0.1) is 12.2 Å². The molecule has 0 aliphatic carbocycles. The van der Waals surface area contributed by atoms with Crippen molar-refractivity contribution in [2.75, 3.05) is 31.1 Å². The van der Waals surface area contributed by atoms with Crippen LogP contribution in [-0.4, -0.2) is 51.3 Å². The summed E-state index contributed by atoms with van der Waals surface area (Å²) in [6.07, 6.45) is 5.54. The minimum absolute atomic E-state index is 0.390. The zero-order chi connectivity index (χ0) is 13.4. The van der Waals surface area contributed by atoms with E-state index < -0.39 is 0 Å². The minimum atomic E-state index is 0.390. The molecule has 2 aliphatic rings. The van der Waals surface area contributed by atoms with Crippen LogP contribution in [0.3, 0.4) is 0 Å². The highest BCUT2D eigenvalue weighted by molar-refractivity contribution is 5.47. The average Bonchev–Trinajstić information content (AvgIpc) is 3.06. The van der Waals surface area contributed by atoms with Crippen molar-refractivity contribution in [1.82, 2.24) is 30.5 Å². The molecule has 2 fully saturated rings. The Morgan fingerprint density at radius 3 is 2.80 bits per heavy atom. The molecule has 0 unspecified atom stereocenters. The number of hydrogen-bond acceptors (Lipinski definition) is 7. The van der Waals surface area contributed by atoms with E-state index in [9.17, 15) is 0 Å². The van der Waals surface area contributed by atoms with Crippen LogP contribution in [0.5, 0.6) is 0 Å². The molecule has 0 amide bonds. The average molecular weight is 275 g/mol. The molecule has 4 rings (SSSR count). The summed E-state index contributed by atoms with van der Waals surface area (Å²) in [5.41, 5.74) is 0.646. The highest BCUT2D eigenvalue weighted by Gasteiger charge is 2.23. The van der Waals surface area contributed by atoms with Crippen LogP contribution in [0.1, 0.15) is 25.3 Å². The molecule has 2 aromatic rings. The lowest BCUT2D eigenvalue weighted by Gasteiger charge is -2.26. The van der Waals surface area contributed by atoms with Gasteiger partial charge in [-0.1, -0.05) is 5.21 Å². The topological polar surface area (TPSA) is 84.9 Å². The van der Waals surface area contributed by atoms with Crippen molar-refractivity contribution in [2.45, 2.75) is 25.3 Å². The van der Waals surface area contributed by atoms with Gasteiger partial charge in [0, 0.05) is 26.2 Å². The van der Waals surface area contributed by atoms with Crippen molar-refractivity contribution in [2.24, 2.45) is 0 Å². The molecule has 0 aromatic carbocycles. The number of hydrogen-bond donors (Lipinski definition) is 1. The Balaban J connectivity index is 1.53. The van der Waals surface area contributed by atoms with E-state index in [0.29, 0.717) is 23.6 Å². The molecule has 2 aromatic heterocycles. The molecule has 20 heavy (non-hydrogen) atoms. The van der Waals surface area contributed by atoms with Crippen LogP contribution in [0.25, 0.3) is 11.6 Å². The predicted octanol–water partition coefficient (Wildman–Crippen LogP) is 0.463. The lowest BCUT2D eigenvalue weighted by atomic mass is 10.1. The van der Waals surface area contributed by atoms with Crippen molar-refractivity contribution in [3.05, 3.63) is 6.20 Å². The standard InChI is InChI=1S/C12H17N7O/c1-2-4-18(5-3-1)12-14-11(20-16-12)10-8-19(17-15-10)9-6-13-7-9/h8-9,13H,1-7H2. The number of anilines is 1. The summed E-state index contributed by atoms with van der Waals surface area (Å²) in [4.78, 5) is 6.60. The fraction of sp³-hybridized carbons (Fsp3) is 0.667. The van der Waals surface area contributed by atoms with E-state index in [1.54, 1.807) is 0 Å². The first kappa shape index (κ1) is 11.8. The summed E-state index contributed by atoms with van der Waals surface area (Å²) < 4.78 is 7.17. The normalized spacial score (nSPS) is 20.1. The Bertz CT molecular complexity index is 582. The molecule has 106 valence electrons. The molecule has 8 heteroatoms. The van der Waals surface area contributed by atoms with Crippen LogP contribution in [0.15, 0.2) is 10.7 Å². The van der Waals surface area contributed by atoms with Gasteiger partial charge in [0.25, 0.3) is 11.8 Å². The van der Waals surface area contributed by atoms with Crippen LogP contribution >= 0.6 is 0 Å². The SMILES string of the molecule is c1c(-c2nc(N3CCCCC3)no2)nnn1C1CNC1. The number of nitrogens with one attached hydrogen (secondary N) is 1. The van der Waals surface area contributed by atoms with Gasteiger partial charge in [0.15, 0.2) is 5.69 Å².